The van der Waals surface area contributed by atoms with Gasteiger partial charge in [0.1, 0.15) is 11.3 Å². The average Bonchev–Trinajstić information content (AvgIpc) is 3.13. The highest BCUT2D eigenvalue weighted by Crippen LogP contribution is 2.22. The van der Waals surface area contributed by atoms with Crippen LogP contribution in [0, 0.1) is 0 Å². The van der Waals surface area contributed by atoms with Gasteiger partial charge in [0.25, 0.3) is 5.91 Å². The van der Waals surface area contributed by atoms with E-state index in [9.17, 15) is 4.79 Å². The van der Waals surface area contributed by atoms with Gasteiger partial charge in [-0.3, -0.25) is 9.69 Å². The molecule has 0 saturated carbocycles. The lowest BCUT2D eigenvalue weighted by atomic mass is 10.1. The van der Waals surface area contributed by atoms with E-state index in [-0.39, 0.29) is 5.91 Å². The van der Waals surface area contributed by atoms with Crippen LogP contribution in [0.3, 0.4) is 0 Å². The van der Waals surface area contributed by atoms with Gasteiger partial charge in [0, 0.05) is 37.8 Å². The van der Waals surface area contributed by atoms with Crippen LogP contribution in [0.25, 0.3) is 22.4 Å². The number of hydrogen-bond acceptors (Lipinski definition) is 4. The minimum Gasteiger partial charge on any atom is -0.350 e. The van der Waals surface area contributed by atoms with E-state index in [1.165, 1.54) is 0 Å². The molecule has 0 aliphatic carbocycles. The van der Waals surface area contributed by atoms with Gasteiger partial charge in [-0.15, -0.1) is 0 Å². The normalized spacial score (nSPS) is 18.7. The Labute approximate surface area is 159 Å². The van der Waals surface area contributed by atoms with Gasteiger partial charge in [-0.25, -0.2) is 4.98 Å². The summed E-state index contributed by atoms with van der Waals surface area (Å²) in [5.41, 5.74) is 3.20. The van der Waals surface area contributed by atoms with Gasteiger partial charge in [0.2, 0.25) is 0 Å². The van der Waals surface area contributed by atoms with Crippen LogP contribution in [0.1, 0.15) is 10.4 Å². The number of carbonyl (C=O) groups excluding carboxylic acids is 1. The Morgan fingerprint density at radius 3 is 2.78 bits per heavy atom. The summed E-state index contributed by atoms with van der Waals surface area (Å²) in [5, 5.41) is 3.10. The Morgan fingerprint density at radius 1 is 1.15 bits per heavy atom. The smallest absolute Gasteiger partial charge is 0.253 e. The zero-order chi connectivity index (χ0) is 18.8. The summed E-state index contributed by atoms with van der Waals surface area (Å²) >= 11 is 0. The fourth-order valence-electron chi connectivity index (χ4n) is 3.58. The van der Waals surface area contributed by atoms with Crippen LogP contribution in [-0.4, -0.2) is 72.0 Å². The first kappa shape index (κ1) is 17.7. The Kier molecular flexibility index (Phi) is 4.92. The van der Waals surface area contributed by atoms with Crippen molar-refractivity contribution in [2.45, 2.75) is 6.04 Å². The number of imidazole rings is 1. The number of likely N-dealkylation sites (N-methyl/N-ethyl adjacent to an activating group) is 2. The molecule has 1 amide bonds. The van der Waals surface area contributed by atoms with E-state index in [4.69, 9.17) is 4.98 Å². The molecule has 1 aromatic heterocycles. The minimum absolute atomic E-state index is 0.0756. The van der Waals surface area contributed by atoms with Gasteiger partial charge in [-0.05, 0) is 26.2 Å². The number of H-pyrrole nitrogens is 1. The van der Waals surface area contributed by atoms with E-state index in [0.29, 0.717) is 23.7 Å². The van der Waals surface area contributed by atoms with Crippen LogP contribution in [0.5, 0.6) is 0 Å². The molecule has 1 fully saturated rings. The number of aromatic amines is 1. The van der Waals surface area contributed by atoms with Gasteiger partial charge >= 0.3 is 0 Å². The Morgan fingerprint density at radius 2 is 1.96 bits per heavy atom. The van der Waals surface area contributed by atoms with E-state index in [2.05, 4.69) is 34.2 Å². The fraction of sp³-hybridized carbons (Fsp3) is 0.333. The monoisotopic (exact) mass is 363 g/mol. The van der Waals surface area contributed by atoms with Crippen LogP contribution in [0.2, 0.25) is 0 Å². The van der Waals surface area contributed by atoms with Crippen molar-refractivity contribution in [2.24, 2.45) is 0 Å². The predicted molar refractivity (Wildman–Crippen MR) is 108 cm³/mol. The number of hydrogen-bond donors (Lipinski definition) is 2. The second-order valence-corrected chi connectivity index (χ2v) is 7.26. The van der Waals surface area contributed by atoms with Crippen LogP contribution < -0.4 is 5.32 Å². The number of fused-ring (bicyclic) bond motifs is 1. The van der Waals surface area contributed by atoms with Crippen LogP contribution in [0.4, 0.5) is 0 Å². The maximum absolute atomic E-state index is 12.8. The zero-order valence-corrected chi connectivity index (χ0v) is 15.8. The number of piperazine rings is 1. The van der Waals surface area contributed by atoms with Crippen LogP contribution in [0.15, 0.2) is 48.5 Å². The third kappa shape index (κ3) is 3.72. The zero-order valence-electron chi connectivity index (χ0n) is 15.8. The summed E-state index contributed by atoms with van der Waals surface area (Å²) in [4.78, 5) is 25.5. The van der Waals surface area contributed by atoms with Gasteiger partial charge in [0.15, 0.2) is 0 Å². The summed E-state index contributed by atoms with van der Waals surface area (Å²) < 4.78 is 0. The fourth-order valence-corrected chi connectivity index (χ4v) is 3.58. The summed E-state index contributed by atoms with van der Waals surface area (Å²) in [5.74, 6) is 0.702. The lowest BCUT2D eigenvalue weighted by Gasteiger charge is -2.37. The van der Waals surface area contributed by atoms with Gasteiger partial charge in [0.05, 0.1) is 11.1 Å². The Hall–Kier alpha value is -2.70. The maximum atomic E-state index is 12.8. The Balaban J connectivity index is 1.54. The van der Waals surface area contributed by atoms with Crippen molar-refractivity contribution in [1.82, 2.24) is 25.1 Å². The van der Waals surface area contributed by atoms with Crippen molar-refractivity contribution in [3.8, 4) is 11.4 Å². The first-order valence-corrected chi connectivity index (χ1v) is 9.33. The molecular weight excluding hydrogens is 338 g/mol. The lowest BCUT2D eigenvalue weighted by molar-refractivity contribution is 0.0882. The van der Waals surface area contributed by atoms with Crippen molar-refractivity contribution >= 4 is 16.9 Å². The quantitative estimate of drug-likeness (QED) is 0.746. The summed E-state index contributed by atoms with van der Waals surface area (Å²) in [6, 6.07) is 16.0. The third-order valence-electron chi connectivity index (χ3n) is 5.28. The van der Waals surface area contributed by atoms with Crippen molar-refractivity contribution in [1.29, 1.82) is 0 Å². The van der Waals surface area contributed by atoms with Crippen molar-refractivity contribution in [3.63, 3.8) is 0 Å². The summed E-state index contributed by atoms with van der Waals surface area (Å²) in [6.07, 6.45) is 0. The molecule has 1 aliphatic heterocycles. The predicted octanol–water partition coefficient (Wildman–Crippen LogP) is 2.21. The molecule has 3 aromatic rings. The molecule has 2 aromatic carbocycles. The van der Waals surface area contributed by atoms with Crippen LogP contribution in [-0.2, 0) is 0 Å². The Bertz CT molecular complexity index is 936. The number of nitrogens with zero attached hydrogens (tertiary/aromatic N) is 3. The molecule has 6 heteroatoms. The second-order valence-electron chi connectivity index (χ2n) is 7.26. The molecule has 1 aliphatic rings. The summed E-state index contributed by atoms with van der Waals surface area (Å²) in [6.45, 7) is 3.68. The first-order valence-electron chi connectivity index (χ1n) is 9.33. The number of benzene rings is 2. The lowest BCUT2D eigenvalue weighted by Crippen LogP contribution is -2.54. The highest BCUT2D eigenvalue weighted by atomic mass is 16.1. The molecule has 2 heterocycles. The molecule has 0 radical (unpaired) electrons. The van der Waals surface area contributed by atoms with E-state index < -0.39 is 0 Å². The van der Waals surface area contributed by atoms with Gasteiger partial charge < -0.3 is 15.2 Å². The van der Waals surface area contributed by atoms with E-state index in [0.717, 1.165) is 36.5 Å². The SMILES string of the molecule is CN1CCN(C)C(CNC(=O)c2cccc3[nH]c(-c4ccccc4)nc23)C1. The van der Waals surface area contributed by atoms with Gasteiger partial charge in [-0.1, -0.05) is 36.4 Å². The molecule has 140 valence electrons. The maximum Gasteiger partial charge on any atom is 0.253 e. The van der Waals surface area contributed by atoms with Crippen molar-refractivity contribution in [3.05, 3.63) is 54.1 Å². The van der Waals surface area contributed by atoms with Crippen molar-refractivity contribution in [2.75, 3.05) is 40.3 Å². The number of amides is 1. The highest BCUT2D eigenvalue weighted by molar-refractivity contribution is 6.05. The molecule has 4 rings (SSSR count). The molecule has 1 atom stereocenters. The molecule has 6 nitrogen and oxygen atoms in total. The van der Waals surface area contributed by atoms with Crippen molar-refractivity contribution < 1.29 is 4.79 Å². The topological polar surface area (TPSA) is 64.3 Å². The largest absolute Gasteiger partial charge is 0.350 e. The summed E-state index contributed by atoms with van der Waals surface area (Å²) in [7, 11) is 4.24. The highest BCUT2D eigenvalue weighted by Gasteiger charge is 2.23. The van der Waals surface area contributed by atoms with E-state index >= 15 is 0 Å². The standard InChI is InChI=1S/C21H25N5O/c1-25-11-12-26(2)16(14-25)13-22-21(27)17-9-6-10-18-19(17)24-20(23-18)15-7-4-3-5-8-15/h3-10,16H,11-14H2,1-2H3,(H,22,27)(H,23,24). The number of carbonyl (C=O) groups is 1. The number of para-hydroxylation sites is 1. The number of nitrogens with one attached hydrogen (secondary N) is 2. The molecule has 1 unspecified atom stereocenters. The minimum atomic E-state index is -0.0756. The molecule has 1 saturated heterocycles. The third-order valence-corrected chi connectivity index (χ3v) is 5.28. The first-order chi connectivity index (χ1) is 13.1. The van der Waals surface area contributed by atoms with Gasteiger partial charge in [-0.2, -0.15) is 0 Å². The molecule has 0 bridgehead atoms. The van der Waals surface area contributed by atoms with Crippen LogP contribution >= 0.6 is 0 Å². The van der Waals surface area contributed by atoms with E-state index in [1.54, 1.807) is 0 Å². The number of rotatable bonds is 4. The molecule has 2 N–H and O–H groups in total. The molecular formula is C21H25N5O. The molecule has 0 spiro atoms. The van der Waals surface area contributed by atoms with E-state index in [1.807, 2.05) is 48.5 Å². The molecule has 27 heavy (non-hydrogen) atoms. The number of aromatic nitrogens is 2. The average molecular weight is 363 g/mol. The second kappa shape index (κ2) is 7.50.